The van der Waals surface area contributed by atoms with E-state index in [4.69, 9.17) is 5.73 Å². The van der Waals surface area contributed by atoms with E-state index in [-0.39, 0.29) is 6.04 Å². The molecule has 0 bridgehead atoms. The van der Waals surface area contributed by atoms with Crippen molar-refractivity contribution in [3.8, 4) is 0 Å². The van der Waals surface area contributed by atoms with Crippen molar-refractivity contribution in [2.24, 2.45) is 5.73 Å². The van der Waals surface area contributed by atoms with Gasteiger partial charge in [0, 0.05) is 5.38 Å². The molecule has 80 valence electrons. The average molecular weight is 223 g/mol. The minimum atomic E-state index is -0.122. The monoisotopic (exact) mass is 223 g/mol. The Labute approximate surface area is 92.0 Å². The first-order valence-electron chi connectivity index (χ1n) is 4.71. The van der Waals surface area contributed by atoms with Gasteiger partial charge in [-0.1, -0.05) is 0 Å². The lowest BCUT2D eigenvalue weighted by Crippen LogP contribution is -2.08. The molecular formula is C9H13N5S. The third kappa shape index (κ3) is 2.40. The van der Waals surface area contributed by atoms with Crippen molar-refractivity contribution in [2.45, 2.75) is 26.4 Å². The summed E-state index contributed by atoms with van der Waals surface area (Å²) in [6, 6.07) is -0.122. The Bertz CT molecular complexity index is 445. The lowest BCUT2D eigenvalue weighted by atomic mass is 10.3. The highest BCUT2D eigenvalue weighted by atomic mass is 32.1. The van der Waals surface area contributed by atoms with Crippen LogP contribution in [0.25, 0.3) is 0 Å². The molecule has 0 amide bonds. The first kappa shape index (κ1) is 10.3. The lowest BCUT2D eigenvalue weighted by molar-refractivity contribution is 0.642. The van der Waals surface area contributed by atoms with Gasteiger partial charge in [-0.25, -0.2) is 14.6 Å². The van der Waals surface area contributed by atoms with Crippen molar-refractivity contribution in [3.05, 3.63) is 28.2 Å². The number of aryl methyl sites for hydroxylation is 1. The van der Waals surface area contributed by atoms with Crippen LogP contribution in [0.5, 0.6) is 0 Å². The Kier molecular flexibility index (Phi) is 2.79. The van der Waals surface area contributed by atoms with Gasteiger partial charge < -0.3 is 5.73 Å². The molecule has 0 aliphatic rings. The average Bonchev–Trinajstić information content (AvgIpc) is 2.76. The summed E-state index contributed by atoms with van der Waals surface area (Å²) in [5.41, 5.74) is 6.69. The molecule has 2 N–H and O–H groups in total. The molecule has 2 rings (SSSR count). The Hall–Kier alpha value is -1.27. The molecule has 15 heavy (non-hydrogen) atoms. The predicted octanol–water partition coefficient (Wildman–Crippen LogP) is 1.11. The van der Waals surface area contributed by atoms with E-state index in [0.29, 0.717) is 12.4 Å². The quantitative estimate of drug-likeness (QED) is 0.846. The summed E-state index contributed by atoms with van der Waals surface area (Å²) in [5.74, 6) is 0.668. The number of rotatable bonds is 3. The van der Waals surface area contributed by atoms with Crippen molar-refractivity contribution in [2.75, 3.05) is 0 Å². The second-order valence-electron chi connectivity index (χ2n) is 3.45. The molecule has 6 heteroatoms. The number of hydrogen-bond donors (Lipinski definition) is 1. The summed E-state index contributed by atoms with van der Waals surface area (Å²) < 4.78 is 1.76. The maximum atomic E-state index is 5.67. The number of thiazole rings is 1. The van der Waals surface area contributed by atoms with Crippen molar-refractivity contribution >= 4 is 11.3 Å². The summed E-state index contributed by atoms with van der Waals surface area (Å²) in [4.78, 5) is 8.48. The van der Waals surface area contributed by atoms with E-state index in [1.807, 2.05) is 19.2 Å². The standard InChI is InChI=1S/C9H13N5S/c1-6(10)9-11-5-14(13-9)3-8-4-15-7(2)12-8/h4-6H,3,10H2,1-2H3. The van der Waals surface area contributed by atoms with Crippen LogP contribution in [-0.2, 0) is 6.54 Å². The van der Waals surface area contributed by atoms with Crippen LogP contribution >= 0.6 is 11.3 Å². The third-order valence-electron chi connectivity index (χ3n) is 1.95. The Morgan fingerprint density at radius 3 is 2.93 bits per heavy atom. The summed E-state index contributed by atoms with van der Waals surface area (Å²) in [7, 11) is 0. The van der Waals surface area contributed by atoms with Crippen LogP contribution in [0.15, 0.2) is 11.7 Å². The molecule has 0 aromatic carbocycles. The van der Waals surface area contributed by atoms with Gasteiger partial charge in [-0.3, -0.25) is 0 Å². The molecular weight excluding hydrogens is 210 g/mol. The van der Waals surface area contributed by atoms with Crippen molar-refractivity contribution in [3.63, 3.8) is 0 Å². The third-order valence-corrected chi connectivity index (χ3v) is 2.77. The molecule has 1 unspecified atom stereocenters. The molecule has 0 aliphatic heterocycles. The van der Waals surface area contributed by atoms with E-state index >= 15 is 0 Å². The van der Waals surface area contributed by atoms with E-state index in [1.165, 1.54) is 0 Å². The largest absolute Gasteiger partial charge is 0.321 e. The van der Waals surface area contributed by atoms with Crippen molar-refractivity contribution in [1.29, 1.82) is 0 Å². The van der Waals surface area contributed by atoms with Crippen LogP contribution in [0.2, 0.25) is 0 Å². The molecule has 0 saturated carbocycles. The van der Waals surface area contributed by atoms with Gasteiger partial charge in [0.1, 0.15) is 6.33 Å². The van der Waals surface area contributed by atoms with Gasteiger partial charge in [-0.2, -0.15) is 5.10 Å². The normalized spacial score (nSPS) is 13.0. The van der Waals surface area contributed by atoms with Gasteiger partial charge in [0.25, 0.3) is 0 Å². The Balaban J connectivity index is 2.11. The minimum Gasteiger partial charge on any atom is -0.321 e. The molecule has 5 nitrogen and oxygen atoms in total. The number of aromatic nitrogens is 4. The first-order chi connectivity index (χ1) is 7.15. The molecule has 0 aliphatic carbocycles. The van der Waals surface area contributed by atoms with Gasteiger partial charge in [-0.05, 0) is 13.8 Å². The van der Waals surface area contributed by atoms with E-state index < -0.39 is 0 Å². The van der Waals surface area contributed by atoms with Crippen molar-refractivity contribution in [1.82, 2.24) is 19.7 Å². The zero-order valence-corrected chi connectivity index (χ0v) is 9.53. The highest BCUT2D eigenvalue weighted by molar-refractivity contribution is 7.09. The fraction of sp³-hybridized carbons (Fsp3) is 0.444. The fourth-order valence-electron chi connectivity index (χ4n) is 1.24. The molecule has 0 saturated heterocycles. The van der Waals surface area contributed by atoms with Gasteiger partial charge in [0.05, 0.1) is 23.3 Å². The Morgan fingerprint density at radius 2 is 2.40 bits per heavy atom. The number of hydrogen-bond acceptors (Lipinski definition) is 5. The molecule has 1 atom stereocenters. The second kappa shape index (κ2) is 4.08. The molecule has 2 aromatic rings. The van der Waals surface area contributed by atoms with E-state index in [2.05, 4.69) is 15.1 Å². The molecule has 0 spiro atoms. The lowest BCUT2D eigenvalue weighted by Gasteiger charge is -1.97. The first-order valence-corrected chi connectivity index (χ1v) is 5.59. The summed E-state index contributed by atoms with van der Waals surface area (Å²) in [6.07, 6.45) is 1.69. The molecule has 0 radical (unpaired) electrons. The van der Waals surface area contributed by atoms with Crippen LogP contribution in [0.4, 0.5) is 0 Å². The highest BCUT2D eigenvalue weighted by Crippen LogP contribution is 2.09. The smallest absolute Gasteiger partial charge is 0.166 e. The SMILES string of the molecule is Cc1nc(Cn2cnc(C(C)N)n2)cs1. The molecule has 2 aromatic heterocycles. The summed E-state index contributed by atoms with van der Waals surface area (Å²) >= 11 is 1.64. The zero-order valence-electron chi connectivity index (χ0n) is 8.71. The van der Waals surface area contributed by atoms with Crippen LogP contribution < -0.4 is 5.73 Å². The number of nitrogens with zero attached hydrogens (tertiary/aromatic N) is 4. The number of nitrogens with two attached hydrogens (primary N) is 1. The van der Waals surface area contributed by atoms with E-state index in [9.17, 15) is 0 Å². The van der Waals surface area contributed by atoms with Crippen LogP contribution in [0, 0.1) is 6.92 Å². The van der Waals surface area contributed by atoms with Gasteiger partial charge >= 0.3 is 0 Å². The van der Waals surface area contributed by atoms with Crippen molar-refractivity contribution < 1.29 is 0 Å². The predicted molar refractivity (Wildman–Crippen MR) is 58.6 cm³/mol. The van der Waals surface area contributed by atoms with E-state index in [1.54, 1.807) is 22.3 Å². The summed E-state index contributed by atoms with van der Waals surface area (Å²) in [5, 5.41) is 7.36. The topological polar surface area (TPSA) is 69.6 Å². The fourth-order valence-corrected chi connectivity index (χ4v) is 1.84. The maximum absolute atomic E-state index is 5.67. The van der Waals surface area contributed by atoms with Gasteiger partial charge in [0.15, 0.2) is 5.82 Å². The molecule has 2 heterocycles. The minimum absolute atomic E-state index is 0.122. The van der Waals surface area contributed by atoms with Crippen LogP contribution in [-0.4, -0.2) is 19.7 Å². The second-order valence-corrected chi connectivity index (χ2v) is 4.51. The molecule has 0 fully saturated rings. The maximum Gasteiger partial charge on any atom is 0.166 e. The van der Waals surface area contributed by atoms with Gasteiger partial charge in [-0.15, -0.1) is 11.3 Å². The van der Waals surface area contributed by atoms with Gasteiger partial charge in [0.2, 0.25) is 0 Å². The summed E-state index contributed by atoms with van der Waals surface area (Å²) in [6.45, 7) is 4.51. The zero-order chi connectivity index (χ0) is 10.8. The van der Waals surface area contributed by atoms with Crippen LogP contribution in [0.3, 0.4) is 0 Å². The van der Waals surface area contributed by atoms with E-state index in [0.717, 1.165) is 10.7 Å². The highest BCUT2D eigenvalue weighted by Gasteiger charge is 2.06. The Morgan fingerprint density at radius 1 is 1.60 bits per heavy atom. The van der Waals surface area contributed by atoms with Crippen LogP contribution in [0.1, 0.15) is 29.5 Å².